The van der Waals surface area contributed by atoms with E-state index in [9.17, 15) is 14.4 Å². The Labute approximate surface area is 163 Å². The molecule has 0 aromatic carbocycles. The van der Waals surface area contributed by atoms with E-state index in [0.29, 0.717) is 5.69 Å². The molecule has 0 spiro atoms. The van der Waals surface area contributed by atoms with Crippen LogP contribution in [-0.4, -0.2) is 43.9 Å². The van der Waals surface area contributed by atoms with Gasteiger partial charge in [-0.1, -0.05) is 12.8 Å². The molecule has 8 nitrogen and oxygen atoms in total. The van der Waals surface area contributed by atoms with Gasteiger partial charge in [-0.05, 0) is 32.8 Å². The van der Waals surface area contributed by atoms with Gasteiger partial charge in [0.2, 0.25) is 17.7 Å². The van der Waals surface area contributed by atoms with Crippen molar-refractivity contribution in [3.63, 3.8) is 0 Å². The minimum Gasteiger partial charge on any atom is -0.325 e. The van der Waals surface area contributed by atoms with Gasteiger partial charge in [0.1, 0.15) is 0 Å². The zero-order valence-electron chi connectivity index (χ0n) is 16.2. The fourth-order valence-electron chi connectivity index (χ4n) is 4.27. The highest BCUT2D eigenvalue weighted by Gasteiger charge is 2.47. The third kappa shape index (κ3) is 3.27. The maximum atomic E-state index is 12.5. The molecule has 0 radical (unpaired) electrons. The molecule has 8 heteroatoms. The van der Waals surface area contributed by atoms with Crippen LogP contribution in [0.3, 0.4) is 0 Å². The molecule has 148 valence electrons. The molecular weight excluding hydrogens is 358 g/mol. The Bertz CT molecular complexity index is 911. The van der Waals surface area contributed by atoms with Crippen molar-refractivity contribution in [1.82, 2.24) is 19.7 Å². The van der Waals surface area contributed by atoms with E-state index >= 15 is 0 Å². The van der Waals surface area contributed by atoms with Gasteiger partial charge in [-0.2, -0.15) is 5.10 Å². The Morgan fingerprint density at radius 3 is 2.50 bits per heavy atom. The molecule has 1 aliphatic heterocycles. The van der Waals surface area contributed by atoms with Crippen molar-refractivity contribution in [2.24, 2.45) is 11.8 Å². The molecule has 1 saturated carbocycles. The first-order valence-corrected chi connectivity index (χ1v) is 9.94. The number of imide groups is 1. The molecule has 2 aromatic heterocycles. The molecular formula is C20H25N5O3. The van der Waals surface area contributed by atoms with Gasteiger partial charge in [-0.3, -0.25) is 19.3 Å². The molecule has 2 fully saturated rings. The van der Waals surface area contributed by atoms with Crippen LogP contribution in [0.15, 0.2) is 18.5 Å². The number of likely N-dealkylation sites (tertiary alicyclic amines) is 1. The minimum atomic E-state index is -0.243. The second-order valence-corrected chi connectivity index (χ2v) is 7.94. The first-order valence-electron chi connectivity index (χ1n) is 9.94. The van der Waals surface area contributed by atoms with E-state index in [0.717, 1.165) is 36.7 Å². The average molecular weight is 383 g/mol. The number of carbonyl (C=O) groups is 3. The summed E-state index contributed by atoms with van der Waals surface area (Å²) in [5, 5.41) is 7.96. The number of hydrogen-bond donors (Lipinski definition) is 1. The highest BCUT2D eigenvalue weighted by molar-refractivity contribution is 6.05. The van der Waals surface area contributed by atoms with Gasteiger partial charge >= 0.3 is 0 Å². The predicted octanol–water partition coefficient (Wildman–Crippen LogP) is 2.52. The average Bonchev–Trinajstić information content (AvgIpc) is 3.20. The quantitative estimate of drug-likeness (QED) is 0.800. The topological polar surface area (TPSA) is 97.2 Å². The van der Waals surface area contributed by atoms with Crippen LogP contribution in [0.4, 0.5) is 5.69 Å². The molecule has 1 N–H and O–H groups in total. The zero-order valence-corrected chi connectivity index (χ0v) is 16.2. The number of nitrogens with zero attached hydrogens (tertiary/aromatic N) is 4. The van der Waals surface area contributed by atoms with E-state index in [4.69, 9.17) is 0 Å². The standard InChI is InChI=1S/C20H25N5O3/c1-12(2)25-18-13(10-22-25)9-14(11-21-18)23-17(26)7-8-24-19(27)15-5-3-4-6-16(15)20(24)28/h9-12,15-16H,3-8H2,1-2H3,(H,23,26)/t15-,16+. The summed E-state index contributed by atoms with van der Waals surface area (Å²) in [4.78, 5) is 43.0. The molecule has 0 unspecified atom stereocenters. The van der Waals surface area contributed by atoms with E-state index < -0.39 is 0 Å². The molecule has 1 saturated heterocycles. The number of nitrogens with one attached hydrogen (secondary N) is 1. The summed E-state index contributed by atoms with van der Waals surface area (Å²) in [6.07, 6.45) is 6.97. The highest BCUT2D eigenvalue weighted by Crippen LogP contribution is 2.38. The SMILES string of the molecule is CC(C)n1ncc2cc(NC(=O)CCN3C(=O)[C@H]4CCCC[C@H]4C3=O)cnc21. The van der Waals surface area contributed by atoms with Gasteiger partial charge in [-0.15, -0.1) is 0 Å². The summed E-state index contributed by atoms with van der Waals surface area (Å²) in [6.45, 7) is 4.19. The number of pyridine rings is 1. The molecule has 2 aliphatic rings. The van der Waals surface area contributed by atoms with E-state index in [2.05, 4.69) is 15.4 Å². The van der Waals surface area contributed by atoms with Crippen LogP contribution >= 0.6 is 0 Å². The summed E-state index contributed by atoms with van der Waals surface area (Å²) in [6, 6.07) is 2.02. The Balaban J connectivity index is 1.37. The summed E-state index contributed by atoms with van der Waals surface area (Å²) >= 11 is 0. The van der Waals surface area contributed by atoms with Gasteiger partial charge < -0.3 is 5.32 Å². The Kier molecular flexibility index (Phi) is 4.87. The molecule has 2 aromatic rings. The van der Waals surface area contributed by atoms with Crippen molar-refractivity contribution in [3.05, 3.63) is 18.5 Å². The lowest BCUT2D eigenvalue weighted by molar-refractivity contribution is -0.140. The van der Waals surface area contributed by atoms with Crippen LogP contribution < -0.4 is 5.32 Å². The molecule has 28 heavy (non-hydrogen) atoms. The van der Waals surface area contributed by atoms with Crippen LogP contribution in [-0.2, 0) is 14.4 Å². The summed E-state index contributed by atoms with van der Waals surface area (Å²) in [5.74, 6) is -0.798. The maximum Gasteiger partial charge on any atom is 0.233 e. The van der Waals surface area contributed by atoms with Crippen molar-refractivity contribution in [3.8, 4) is 0 Å². The largest absolute Gasteiger partial charge is 0.325 e. The smallest absolute Gasteiger partial charge is 0.233 e. The number of amides is 3. The lowest BCUT2D eigenvalue weighted by Gasteiger charge is -2.19. The lowest BCUT2D eigenvalue weighted by atomic mass is 9.81. The number of carbonyl (C=O) groups excluding carboxylic acids is 3. The minimum absolute atomic E-state index is 0.0835. The first-order chi connectivity index (χ1) is 13.5. The summed E-state index contributed by atoms with van der Waals surface area (Å²) in [5.41, 5.74) is 1.34. The number of fused-ring (bicyclic) bond motifs is 2. The van der Waals surface area contributed by atoms with Gasteiger partial charge in [0.15, 0.2) is 5.65 Å². The first kappa shape index (κ1) is 18.6. The van der Waals surface area contributed by atoms with Crippen LogP contribution in [0.5, 0.6) is 0 Å². The Morgan fingerprint density at radius 2 is 1.86 bits per heavy atom. The summed E-state index contributed by atoms with van der Waals surface area (Å²) < 4.78 is 1.82. The van der Waals surface area contributed by atoms with Crippen molar-refractivity contribution >= 4 is 34.4 Å². The molecule has 3 heterocycles. The van der Waals surface area contributed by atoms with Gasteiger partial charge in [-0.25, -0.2) is 9.67 Å². The Hall–Kier alpha value is -2.77. The lowest BCUT2D eigenvalue weighted by Crippen LogP contribution is -2.34. The third-order valence-corrected chi connectivity index (χ3v) is 5.70. The molecule has 4 rings (SSSR count). The van der Waals surface area contributed by atoms with Crippen LogP contribution in [0.2, 0.25) is 0 Å². The number of rotatable bonds is 5. The number of aromatic nitrogens is 3. The predicted molar refractivity (Wildman–Crippen MR) is 103 cm³/mol. The van der Waals surface area contributed by atoms with Crippen LogP contribution in [0.1, 0.15) is 52.0 Å². The van der Waals surface area contributed by atoms with Crippen molar-refractivity contribution < 1.29 is 14.4 Å². The fraction of sp³-hybridized carbons (Fsp3) is 0.550. The third-order valence-electron chi connectivity index (χ3n) is 5.70. The van der Waals surface area contributed by atoms with E-state index in [1.165, 1.54) is 4.90 Å². The van der Waals surface area contributed by atoms with Gasteiger partial charge in [0.25, 0.3) is 0 Å². The van der Waals surface area contributed by atoms with E-state index in [1.807, 2.05) is 24.6 Å². The second kappa shape index (κ2) is 7.33. The Morgan fingerprint density at radius 1 is 1.18 bits per heavy atom. The molecule has 0 bridgehead atoms. The van der Waals surface area contributed by atoms with Gasteiger partial charge in [0.05, 0.1) is 29.9 Å². The van der Waals surface area contributed by atoms with Crippen molar-refractivity contribution in [1.29, 1.82) is 0 Å². The second-order valence-electron chi connectivity index (χ2n) is 7.94. The van der Waals surface area contributed by atoms with Crippen LogP contribution in [0, 0.1) is 11.8 Å². The van der Waals surface area contributed by atoms with E-state index in [1.54, 1.807) is 12.4 Å². The zero-order chi connectivity index (χ0) is 19.8. The van der Waals surface area contributed by atoms with E-state index in [-0.39, 0.29) is 48.6 Å². The number of hydrogen-bond acceptors (Lipinski definition) is 5. The molecule has 2 atom stereocenters. The maximum absolute atomic E-state index is 12.5. The number of anilines is 1. The highest BCUT2D eigenvalue weighted by atomic mass is 16.2. The normalized spacial score (nSPS) is 22.2. The molecule has 3 amide bonds. The monoisotopic (exact) mass is 383 g/mol. The van der Waals surface area contributed by atoms with Crippen LogP contribution in [0.25, 0.3) is 11.0 Å². The van der Waals surface area contributed by atoms with Crippen molar-refractivity contribution in [2.45, 2.75) is 52.0 Å². The van der Waals surface area contributed by atoms with Gasteiger partial charge in [0, 0.05) is 24.4 Å². The fourth-order valence-corrected chi connectivity index (χ4v) is 4.27. The van der Waals surface area contributed by atoms with Crippen molar-refractivity contribution in [2.75, 3.05) is 11.9 Å². The molecule has 1 aliphatic carbocycles. The summed E-state index contributed by atoms with van der Waals surface area (Å²) in [7, 11) is 0.